The summed E-state index contributed by atoms with van der Waals surface area (Å²) in [5.74, 6) is 0.382. The minimum atomic E-state index is -3.79. The number of hydrogen-bond acceptors (Lipinski definition) is 5. The molecule has 1 atom stereocenters. The third kappa shape index (κ3) is 4.90. The van der Waals surface area contributed by atoms with Gasteiger partial charge in [0.1, 0.15) is 0 Å². The number of rotatable bonds is 6. The first-order valence-electron chi connectivity index (χ1n) is 7.09. The van der Waals surface area contributed by atoms with Gasteiger partial charge in [0.15, 0.2) is 9.84 Å². The van der Waals surface area contributed by atoms with Crippen LogP contribution in [0.25, 0.3) is 0 Å². The van der Waals surface area contributed by atoms with Crippen LogP contribution in [0.1, 0.15) is 24.0 Å². The van der Waals surface area contributed by atoms with Crippen molar-refractivity contribution in [1.82, 2.24) is 4.72 Å². The maximum absolute atomic E-state index is 12.5. The smallest absolute Gasteiger partial charge is 0.240 e. The molecule has 132 valence electrons. The largest absolute Gasteiger partial charge is 0.326 e. The van der Waals surface area contributed by atoms with Crippen LogP contribution >= 0.6 is 12.4 Å². The summed E-state index contributed by atoms with van der Waals surface area (Å²) >= 11 is 0. The zero-order valence-electron chi connectivity index (χ0n) is 13.4. The molecule has 1 fully saturated rings. The molecule has 1 aliphatic rings. The summed E-state index contributed by atoms with van der Waals surface area (Å²) in [4.78, 5) is 0.0373. The van der Waals surface area contributed by atoms with E-state index in [9.17, 15) is 16.8 Å². The second kappa shape index (κ2) is 7.06. The Kier molecular flexibility index (Phi) is 6.26. The summed E-state index contributed by atoms with van der Waals surface area (Å²) in [6, 6.07) is 2.77. The molecule has 23 heavy (non-hydrogen) atoms. The molecule has 0 amide bonds. The fourth-order valence-electron chi connectivity index (χ4n) is 2.43. The average molecular weight is 383 g/mol. The summed E-state index contributed by atoms with van der Waals surface area (Å²) in [5.41, 5.74) is 6.73. The minimum absolute atomic E-state index is 0. The van der Waals surface area contributed by atoms with Gasteiger partial charge < -0.3 is 5.73 Å². The van der Waals surface area contributed by atoms with Crippen molar-refractivity contribution in [3.8, 4) is 0 Å². The van der Waals surface area contributed by atoms with Crippen molar-refractivity contribution < 1.29 is 16.8 Å². The lowest BCUT2D eigenvalue weighted by Gasteiger charge is -2.15. The fourth-order valence-corrected chi connectivity index (χ4v) is 4.98. The van der Waals surface area contributed by atoms with E-state index in [1.54, 1.807) is 6.92 Å². The molecule has 0 radical (unpaired) electrons. The molecule has 1 aromatic carbocycles. The molecular formula is C14H23ClN2O4S2. The summed E-state index contributed by atoms with van der Waals surface area (Å²) in [5, 5.41) is 0. The highest BCUT2D eigenvalue weighted by atomic mass is 35.5. The number of halogens is 1. The lowest BCUT2D eigenvalue weighted by molar-refractivity contribution is 0.547. The molecule has 3 N–H and O–H groups in total. The van der Waals surface area contributed by atoms with Gasteiger partial charge in [0.25, 0.3) is 0 Å². The third-order valence-electron chi connectivity index (χ3n) is 3.88. The Labute approximate surface area is 144 Å². The second-order valence-corrected chi connectivity index (χ2v) is 9.73. The molecule has 1 saturated carbocycles. The molecule has 0 spiro atoms. The van der Waals surface area contributed by atoms with Crippen LogP contribution in [-0.2, 0) is 19.9 Å². The lowest BCUT2D eigenvalue weighted by atomic mass is 10.2. The zero-order valence-corrected chi connectivity index (χ0v) is 15.8. The monoisotopic (exact) mass is 382 g/mol. The molecule has 2 rings (SSSR count). The number of sulfonamides is 1. The Hall–Kier alpha value is -0.670. The highest BCUT2D eigenvalue weighted by molar-refractivity contribution is 7.91. The normalized spacial score (nSPS) is 16.7. The van der Waals surface area contributed by atoms with Crippen molar-refractivity contribution in [2.75, 3.05) is 12.8 Å². The summed E-state index contributed by atoms with van der Waals surface area (Å²) in [7, 11) is -7.28. The van der Waals surface area contributed by atoms with Crippen molar-refractivity contribution in [3.05, 3.63) is 23.3 Å². The van der Waals surface area contributed by atoms with Crippen LogP contribution in [0.15, 0.2) is 21.9 Å². The average Bonchev–Trinajstić information content (AvgIpc) is 3.21. The molecule has 1 aliphatic carbocycles. The number of nitrogens with two attached hydrogens (primary N) is 1. The maximum atomic E-state index is 12.5. The Balaban J connectivity index is 0.00000264. The van der Waals surface area contributed by atoms with Gasteiger partial charge in [0.2, 0.25) is 10.0 Å². The predicted octanol–water partition coefficient (Wildman–Crippen LogP) is 1.14. The van der Waals surface area contributed by atoms with Crippen molar-refractivity contribution in [1.29, 1.82) is 0 Å². The van der Waals surface area contributed by atoms with E-state index < -0.39 is 19.9 Å². The first-order chi connectivity index (χ1) is 10.0. The van der Waals surface area contributed by atoms with E-state index in [-0.39, 0.29) is 40.3 Å². The quantitative estimate of drug-likeness (QED) is 0.767. The van der Waals surface area contributed by atoms with Crippen LogP contribution in [0.5, 0.6) is 0 Å². The van der Waals surface area contributed by atoms with Crippen LogP contribution in [0, 0.1) is 19.8 Å². The Bertz CT molecular complexity index is 787. The number of nitrogens with one attached hydrogen (secondary N) is 1. The molecule has 0 aromatic heterocycles. The molecule has 9 heteroatoms. The van der Waals surface area contributed by atoms with Gasteiger partial charge in [-0.2, -0.15) is 0 Å². The second-order valence-electron chi connectivity index (χ2n) is 6.01. The predicted molar refractivity (Wildman–Crippen MR) is 92.2 cm³/mol. The van der Waals surface area contributed by atoms with Gasteiger partial charge in [-0.3, -0.25) is 0 Å². The summed E-state index contributed by atoms with van der Waals surface area (Å²) in [6.07, 6.45) is 3.14. The van der Waals surface area contributed by atoms with Gasteiger partial charge in [-0.25, -0.2) is 21.6 Å². The summed E-state index contributed by atoms with van der Waals surface area (Å²) in [6.45, 7) is 3.34. The van der Waals surface area contributed by atoms with Crippen molar-refractivity contribution in [3.63, 3.8) is 0 Å². The van der Waals surface area contributed by atoms with Crippen LogP contribution in [0.4, 0.5) is 0 Å². The number of hydrogen-bond donors (Lipinski definition) is 2. The number of benzene rings is 1. The van der Waals surface area contributed by atoms with Gasteiger partial charge in [-0.05, 0) is 55.9 Å². The van der Waals surface area contributed by atoms with E-state index in [4.69, 9.17) is 5.73 Å². The molecule has 6 nitrogen and oxygen atoms in total. The standard InChI is InChI=1S/C14H22N2O4S2.ClH/c1-9-6-13(21(3,17)18)10(2)14(7-9)22(19,20)16-8-12(15)11-4-5-11;/h6-7,11-12,16H,4-5,8,15H2,1-3H3;1H. The van der Waals surface area contributed by atoms with E-state index in [2.05, 4.69) is 4.72 Å². The Morgan fingerprint density at radius 3 is 2.17 bits per heavy atom. The topological polar surface area (TPSA) is 106 Å². The molecule has 0 bridgehead atoms. The van der Waals surface area contributed by atoms with E-state index in [1.807, 2.05) is 0 Å². The number of sulfone groups is 1. The van der Waals surface area contributed by atoms with E-state index in [1.165, 1.54) is 19.1 Å². The Morgan fingerprint density at radius 1 is 1.17 bits per heavy atom. The van der Waals surface area contributed by atoms with Gasteiger partial charge in [0.05, 0.1) is 9.79 Å². The SMILES string of the molecule is Cc1cc(S(C)(=O)=O)c(C)c(S(=O)(=O)NCC(N)C2CC2)c1.Cl. The van der Waals surface area contributed by atoms with Crippen LogP contribution < -0.4 is 10.5 Å². The van der Waals surface area contributed by atoms with Crippen molar-refractivity contribution >= 4 is 32.3 Å². The van der Waals surface area contributed by atoms with Crippen LogP contribution in [0.2, 0.25) is 0 Å². The van der Waals surface area contributed by atoms with Crippen molar-refractivity contribution in [2.24, 2.45) is 11.7 Å². The molecule has 0 aliphatic heterocycles. The maximum Gasteiger partial charge on any atom is 0.240 e. The van der Waals surface area contributed by atoms with Gasteiger partial charge in [0, 0.05) is 18.8 Å². The molecule has 0 heterocycles. The zero-order chi connectivity index (χ0) is 16.7. The van der Waals surface area contributed by atoms with E-state index in [0.717, 1.165) is 19.1 Å². The molecule has 0 saturated heterocycles. The minimum Gasteiger partial charge on any atom is -0.326 e. The molecule has 1 unspecified atom stereocenters. The molecule has 1 aromatic rings. The van der Waals surface area contributed by atoms with Crippen LogP contribution in [-0.4, -0.2) is 35.7 Å². The highest BCUT2D eigenvalue weighted by Gasteiger charge is 2.30. The Morgan fingerprint density at radius 2 is 1.70 bits per heavy atom. The highest BCUT2D eigenvalue weighted by Crippen LogP contribution is 2.31. The lowest BCUT2D eigenvalue weighted by Crippen LogP contribution is -2.38. The van der Waals surface area contributed by atoms with E-state index >= 15 is 0 Å². The van der Waals surface area contributed by atoms with Gasteiger partial charge in [-0.1, -0.05) is 0 Å². The van der Waals surface area contributed by atoms with Crippen molar-refractivity contribution in [2.45, 2.75) is 42.5 Å². The number of aryl methyl sites for hydroxylation is 1. The van der Waals surface area contributed by atoms with E-state index in [0.29, 0.717) is 11.5 Å². The molecular weight excluding hydrogens is 360 g/mol. The van der Waals surface area contributed by atoms with Crippen LogP contribution in [0.3, 0.4) is 0 Å². The van der Waals surface area contributed by atoms with Gasteiger partial charge >= 0.3 is 0 Å². The fraction of sp³-hybridized carbons (Fsp3) is 0.571. The first-order valence-corrected chi connectivity index (χ1v) is 10.5. The summed E-state index contributed by atoms with van der Waals surface area (Å²) < 4.78 is 51.1. The third-order valence-corrected chi connectivity index (χ3v) is 6.66. The van der Waals surface area contributed by atoms with Gasteiger partial charge in [-0.15, -0.1) is 12.4 Å². The first kappa shape index (κ1) is 20.4.